The second-order valence-electron chi connectivity index (χ2n) is 12.6. The van der Waals surface area contributed by atoms with Gasteiger partial charge in [0, 0.05) is 5.41 Å². The van der Waals surface area contributed by atoms with Crippen LogP contribution in [0.25, 0.3) is 0 Å². The molecule has 168 valence electrons. The molecular formula is C27H47ClO. The van der Waals surface area contributed by atoms with Crippen molar-refractivity contribution in [2.24, 2.45) is 46.3 Å². The van der Waals surface area contributed by atoms with Gasteiger partial charge in [-0.25, -0.2) is 0 Å². The molecule has 0 saturated heterocycles. The van der Waals surface area contributed by atoms with E-state index in [1.165, 1.54) is 64.2 Å². The van der Waals surface area contributed by atoms with Crippen molar-refractivity contribution in [2.75, 3.05) is 0 Å². The summed E-state index contributed by atoms with van der Waals surface area (Å²) in [5, 5.41) is 11.2. The molecule has 0 amide bonds. The lowest BCUT2D eigenvalue weighted by atomic mass is 9.43. The van der Waals surface area contributed by atoms with Gasteiger partial charge in [0.05, 0.1) is 11.0 Å². The van der Waals surface area contributed by atoms with Crippen molar-refractivity contribution < 1.29 is 5.11 Å². The lowest BCUT2D eigenvalue weighted by molar-refractivity contribution is -0.149. The van der Waals surface area contributed by atoms with Crippen molar-refractivity contribution in [3.05, 3.63) is 0 Å². The van der Waals surface area contributed by atoms with Crippen LogP contribution in [-0.2, 0) is 0 Å². The molecule has 4 aliphatic carbocycles. The van der Waals surface area contributed by atoms with Gasteiger partial charge in [0.1, 0.15) is 0 Å². The molecule has 2 unspecified atom stereocenters. The minimum Gasteiger partial charge on any atom is -0.392 e. The van der Waals surface area contributed by atoms with Crippen molar-refractivity contribution in [3.63, 3.8) is 0 Å². The molecule has 1 N–H and O–H groups in total. The van der Waals surface area contributed by atoms with Crippen LogP contribution in [-0.4, -0.2) is 16.1 Å². The molecule has 4 aliphatic rings. The number of aliphatic hydroxyl groups excluding tert-OH is 1. The third kappa shape index (κ3) is 3.35. The van der Waals surface area contributed by atoms with Crippen LogP contribution in [0.5, 0.6) is 0 Å². The molecular weight excluding hydrogens is 376 g/mol. The second kappa shape index (κ2) is 7.99. The van der Waals surface area contributed by atoms with Crippen LogP contribution in [0.3, 0.4) is 0 Å². The van der Waals surface area contributed by atoms with E-state index in [-0.39, 0.29) is 16.4 Å². The van der Waals surface area contributed by atoms with Crippen LogP contribution in [0, 0.1) is 46.3 Å². The highest BCUT2D eigenvalue weighted by Crippen LogP contribution is 2.71. The first-order valence-corrected chi connectivity index (χ1v) is 13.4. The highest BCUT2D eigenvalue weighted by molar-refractivity contribution is 6.25. The fraction of sp³-hybridized carbons (Fsp3) is 1.00. The molecule has 9 atom stereocenters. The molecule has 0 bridgehead atoms. The van der Waals surface area contributed by atoms with Crippen molar-refractivity contribution in [1.82, 2.24) is 0 Å². The van der Waals surface area contributed by atoms with Crippen LogP contribution in [0.15, 0.2) is 0 Å². The van der Waals surface area contributed by atoms with E-state index >= 15 is 0 Å². The summed E-state index contributed by atoms with van der Waals surface area (Å²) in [6, 6.07) is 0. The van der Waals surface area contributed by atoms with Crippen LogP contribution in [0.2, 0.25) is 0 Å². The first kappa shape index (κ1) is 22.4. The number of hydrogen-bond donors (Lipinski definition) is 1. The van der Waals surface area contributed by atoms with Crippen LogP contribution in [0.1, 0.15) is 112 Å². The molecule has 4 rings (SSSR count). The summed E-state index contributed by atoms with van der Waals surface area (Å²) < 4.78 is 0. The standard InChI is InChI=1S/C27H47ClO/c1-18(2)8-6-9-19(3)21-14-15-22-23-13-12-20-10-7-11-24(29)26(20,5)27(23,28)17-16-25(21,22)4/h18-24,29H,6-17H2,1-5H3/t19-,20?,21-,22+,23+,24?,25-,26-,27-/m1/s1. The van der Waals surface area contributed by atoms with Gasteiger partial charge >= 0.3 is 0 Å². The maximum Gasteiger partial charge on any atom is 0.0613 e. The average molecular weight is 423 g/mol. The van der Waals surface area contributed by atoms with E-state index in [1.54, 1.807) is 0 Å². The summed E-state index contributed by atoms with van der Waals surface area (Å²) in [7, 11) is 0. The Kier molecular flexibility index (Phi) is 6.18. The Morgan fingerprint density at radius 3 is 2.34 bits per heavy atom. The topological polar surface area (TPSA) is 20.2 Å². The predicted molar refractivity (Wildman–Crippen MR) is 124 cm³/mol. The molecule has 1 nitrogen and oxygen atoms in total. The summed E-state index contributed by atoms with van der Waals surface area (Å²) in [6.07, 6.45) is 15.2. The molecule has 4 saturated carbocycles. The molecule has 0 spiro atoms. The van der Waals surface area contributed by atoms with Gasteiger partial charge in [-0.05, 0) is 92.3 Å². The Morgan fingerprint density at radius 2 is 1.62 bits per heavy atom. The Morgan fingerprint density at radius 1 is 0.897 bits per heavy atom. The zero-order chi connectivity index (χ0) is 21.0. The van der Waals surface area contributed by atoms with Crippen molar-refractivity contribution in [3.8, 4) is 0 Å². The normalized spacial score (nSPS) is 50.7. The average Bonchev–Trinajstić information content (AvgIpc) is 3.01. The monoisotopic (exact) mass is 422 g/mol. The van der Waals surface area contributed by atoms with Gasteiger partial charge in [0.15, 0.2) is 0 Å². The number of aliphatic hydroxyl groups is 1. The number of rotatable bonds is 5. The van der Waals surface area contributed by atoms with E-state index in [0.717, 1.165) is 36.5 Å². The lowest BCUT2D eigenvalue weighted by Gasteiger charge is -2.66. The van der Waals surface area contributed by atoms with Crippen molar-refractivity contribution >= 4 is 11.6 Å². The van der Waals surface area contributed by atoms with Gasteiger partial charge in [0.25, 0.3) is 0 Å². The molecule has 0 aliphatic heterocycles. The summed E-state index contributed by atoms with van der Waals surface area (Å²) >= 11 is 7.70. The number of halogens is 1. The zero-order valence-electron chi connectivity index (χ0n) is 19.9. The summed E-state index contributed by atoms with van der Waals surface area (Å²) in [5.74, 6) is 4.58. The maximum absolute atomic E-state index is 11.2. The first-order chi connectivity index (χ1) is 13.6. The van der Waals surface area contributed by atoms with Gasteiger partial charge in [0.2, 0.25) is 0 Å². The summed E-state index contributed by atoms with van der Waals surface area (Å²) in [6.45, 7) is 12.3. The minimum absolute atomic E-state index is 0.0714. The summed E-state index contributed by atoms with van der Waals surface area (Å²) in [5.41, 5.74) is 0.404. The summed E-state index contributed by atoms with van der Waals surface area (Å²) in [4.78, 5) is -0.171. The van der Waals surface area contributed by atoms with Gasteiger partial charge in [-0.2, -0.15) is 0 Å². The molecule has 29 heavy (non-hydrogen) atoms. The lowest BCUT2D eigenvalue weighted by Crippen LogP contribution is -2.66. The van der Waals surface area contributed by atoms with Gasteiger partial charge in [-0.15, -0.1) is 11.6 Å². The molecule has 0 aromatic carbocycles. The predicted octanol–water partition coefficient (Wildman–Crippen LogP) is 7.83. The Bertz CT molecular complexity index is 589. The molecule has 0 aromatic rings. The zero-order valence-corrected chi connectivity index (χ0v) is 20.6. The highest BCUT2D eigenvalue weighted by atomic mass is 35.5. The number of hydrogen-bond acceptors (Lipinski definition) is 1. The van der Waals surface area contributed by atoms with Gasteiger partial charge < -0.3 is 5.11 Å². The van der Waals surface area contributed by atoms with E-state index in [4.69, 9.17) is 11.6 Å². The van der Waals surface area contributed by atoms with E-state index in [0.29, 0.717) is 17.3 Å². The SMILES string of the molecule is CC(C)CCC[C@@H](C)[C@H]1CC[C@H]2[C@@H]3CCC4CCCC(O)[C@]4(C)[C@@]3(Cl)CC[C@]12C. The molecule has 0 radical (unpaired) electrons. The Labute approximate surface area is 185 Å². The second-order valence-corrected chi connectivity index (χ2v) is 13.2. The van der Waals surface area contributed by atoms with Gasteiger partial charge in [-0.1, -0.05) is 60.3 Å². The van der Waals surface area contributed by atoms with E-state index in [1.807, 2.05) is 0 Å². The number of alkyl halides is 1. The first-order valence-electron chi connectivity index (χ1n) is 13.0. The fourth-order valence-electron chi connectivity index (χ4n) is 9.23. The van der Waals surface area contributed by atoms with Gasteiger partial charge in [-0.3, -0.25) is 0 Å². The molecule has 2 heteroatoms. The highest BCUT2D eigenvalue weighted by Gasteiger charge is 2.68. The Hall–Kier alpha value is 0.250. The fourth-order valence-corrected chi connectivity index (χ4v) is 9.87. The van der Waals surface area contributed by atoms with Crippen molar-refractivity contribution in [1.29, 1.82) is 0 Å². The smallest absolute Gasteiger partial charge is 0.0613 e. The van der Waals surface area contributed by atoms with E-state index in [2.05, 4.69) is 34.6 Å². The van der Waals surface area contributed by atoms with Crippen LogP contribution >= 0.6 is 11.6 Å². The molecule has 0 aromatic heterocycles. The van der Waals surface area contributed by atoms with Crippen LogP contribution in [0.4, 0.5) is 0 Å². The largest absolute Gasteiger partial charge is 0.392 e. The van der Waals surface area contributed by atoms with Crippen molar-refractivity contribution in [2.45, 2.75) is 123 Å². The Balaban J connectivity index is 1.54. The third-order valence-electron chi connectivity index (χ3n) is 11.0. The number of fused-ring (bicyclic) bond motifs is 5. The minimum atomic E-state index is -0.196. The van der Waals surface area contributed by atoms with E-state index in [9.17, 15) is 5.11 Å². The quantitative estimate of drug-likeness (QED) is 0.447. The molecule has 0 heterocycles. The van der Waals surface area contributed by atoms with Crippen LogP contribution < -0.4 is 0 Å². The molecule has 4 fully saturated rings. The third-order valence-corrected chi connectivity index (χ3v) is 11.9. The maximum atomic E-state index is 11.2. The van der Waals surface area contributed by atoms with E-state index < -0.39 is 0 Å².